The first-order chi connectivity index (χ1) is 16.0. The Balaban J connectivity index is 1.58. The monoisotopic (exact) mass is 442 g/mol. The highest BCUT2D eigenvalue weighted by Gasteiger charge is 2.16. The number of pyridine rings is 2. The van der Waals surface area contributed by atoms with E-state index in [-0.39, 0.29) is 23.8 Å². The van der Waals surface area contributed by atoms with Crippen LogP contribution in [0.1, 0.15) is 27.2 Å². The lowest BCUT2D eigenvalue weighted by Crippen LogP contribution is -2.25. The smallest absolute Gasteiger partial charge is 0.253 e. The molecule has 0 radical (unpaired) electrons. The quantitative estimate of drug-likeness (QED) is 0.396. The van der Waals surface area contributed by atoms with Crippen molar-refractivity contribution in [3.8, 4) is 6.07 Å². The summed E-state index contributed by atoms with van der Waals surface area (Å²) < 4.78 is 13.7. The molecule has 1 aromatic carbocycles. The summed E-state index contributed by atoms with van der Waals surface area (Å²) in [5.74, 6) is -0.367. The van der Waals surface area contributed by atoms with Gasteiger partial charge in [-0.05, 0) is 35.9 Å². The molecule has 10 heteroatoms. The predicted molar refractivity (Wildman–Crippen MR) is 120 cm³/mol. The first kappa shape index (κ1) is 21.6. The summed E-state index contributed by atoms with van der Waals surface area (Å²) in [5.41, 5.74) is 8.14. The highest BCUT2D eigenvalue weighted by atomic mass is 19.1. The second-order valence-corrected chi connectivity index (χ2v) is 7.13. The first-order valence-electron chi connectivity index (χ1n) is 10.1. The van der Waals surface area contributed by atoms with E-state index in [2.05, 4.69) is 30.6 Å². The Bertz CT molecular complexity index is 1350. The van der Waals surface area contributed by atoms with Crippen LogP contribution in [0.2, 0.25) is 0 Å². The highest BCUT2D eigenvalue weighted by Crippen LogP contribution is 2.20. The van der Waals surface area contributed by atoms with Gasteiger partial charge >= 0.3 is 0 Å². The number of benzene rings is 1. The number of fused-ring (bicyclic) bond motifs is 1. The molecule has 9 nitrogen and oxygen atoms in total. The van der Waals surface area contributed by atoms with Gasteiger partial charge in [0, 0.05) is 37.3 Å². The molecular weight excluding hydrogens is 423 g/mol. The largest absolute Gasteiger partial charge is 0.382 e. The Kier molecular flexibility index (Phi) is 6.31. The zero-order valence-corrected chi connectivity index (χ0v) is 17.4. The van der Waals surface area contributed by atoms with Crippen LogP contribution in [0.4, 0.5) is 16.0 Å². The summed E-state index contributed by atoms with van der Waals surface area (Å²) in [6.45, 7) is 0.616. The number of hydrogen-bond donors (Lipinski definition) is 3. The van der Waals surface area contributed by atoms with Crippen LogP contribution in [0.15, 0.2) is 55.1 Å². The molecule has 0 aliphatic carbocycles. The molecule has 3 heterocycles. The zero-order chi connectivity index (χ0) is 23.2. The third-order valence-electron chi connectivity index (χ3n) is 4.92. The Morgan fingerprint density at radius 1 is 1.21 bits per heavy atom. The van der Waals surface area contributed by atoms with Crippen LogP contribution in [-0.4, -0.2) is 32.4 Å². The van der Waals surface area contributed by atoms with Gasteiger partial charge in [0.2, 0.25) is 0 Å². The number of anilines is 2. The molecule has 0 aliphatic heterocycles. The van der Waals surface area contributed by atoms with Crippen molar-refractivity contribution in [1.82, 2.24) is 25.3 Å². The van der Waals surface area contributed by atoms with Crippen molar-refractivity contribution in [3.63, 3.8) is 0 Å². The summed E-state index contributed by atoms with van der Waals surface area (Å²) in [7, 11) is 0. The minimum atomic E-state index is -0.411. The van der Waals surface area contributed by atoms with Crippen LogP contribution in [0.25, 0.3) is 10.9 Å². The van der Waals surface area contributed by atoms with E-state index in [1.165, 1.54) is 18.5 Å². The molecule has 3 aromatic heterocycles. The normalized spacial score (nSPS) is 10.5. The fourth-order valence-electron chi connectivity index (χ4n) is 3.30. The lowest BCUT2D eigenvalue weighted by Gasteiger charge is -2.13. The van der Waals surface area contributed by atoms with Gasteiger partial charge in [0.25, 0.3) is 5.91 Å². The molecule has 0 atom stereocenters. The maximum atomic E-state index is 13.7. The van der Waals surface area contributed by atoms with E-state index in [1.807, 2.05) is 12.1 Å². The Hall–Kier alpha value is -4.65. The van der Waals surface area contributed by atoms with Crippen molar-refractivity contribution in [2.45, 2.75) is 13.0 Å². The van der Waals surface area contributed by atoms with E-state index in [1.54, 1.807) is 30.6 Å². The topological polar surface area (TPSA) is 142 Å². The maximum Gasteiger partial charge on any atom is 0.253 e. The van der Waals surface area contributed by atoms with Crippen molar-refractivity contribution in [2.24, 2.45) is 0 Å². The van der Waals surface area contributed by atoms with E-state index < -0.39 is 5.82 Å². The number of nitrogens with one attached hydrogen (secondary N) is 2. The van der Waals surface area contributed by atoms with Gasteiger partial charge in [0.1, 0.15) is 35.4 Å². The van der Waals surface area contributed by atoms with Crippen molar-refractivity contribution in [3.05, 3.63) is 83.3 Å². The number of nitrogens with two attached hydrogens (primary N) is 1. The molecule has 0 aliphatic rings. The fraction of sp³-hybridized carbons (Fsp3) is 0.130. The van der Waals surface area contributed by atoms with E-state index >= 15 is 0 Å². The third-order valence-corrected chi connectivity index (χ3v) is 4.92. The molecule has 0 saturated heterocycles. The minimum absolute atomic E-state index is 0.0799. The van der Waals surface area contributed by atoms with Gasteiger partial charge in [-0.25, -0.2) is 14.4 Å². The SMILES string of the molecule is N#Cc1c(N)ncnc1NCCc1nc2ccc(F)cc2cc1C(=O)NCc1cccnc1. The van der Waals surface area contributed by atoms with E-state index in [0.717, 1.165) is 5.56 Å². The Labute approximate surface area is 188 Å². The van der Waals surface area contributed by atoms with Gasteiger partial charge in [-0.15, -0.1) is 0 Å². The molecule has 0 unspecified atom stereocenters. The number of aromatic nitrogens is 4. The van der Waals surface area contributed by atoms with Gasteiger partial charge in [0.05, 0.1) is 16.8 Å². The first-order valence-corrected chi connectivity index (χ1v) is 10.1. The average molecular weight is 442 g/mol. The second kappa shape index (κ2) is 9.65. The Morgan fingerprint density at radius 2 is 2.09 bits per heavy atom. The molecule has 1 amide bonds. The van der Waals surface area contributed by atoms with E-state index in [0.29, 0.717) is 40.9 Å². The van der Waals surface area contributed by atoms with E-state index in [9.17, 15) is 14.4 Å². The van der Waals surface area contributed by atoms with Crippen molar-refractivity contribution >= 4 is 28.4 Å². The summed E-state index contributed by atoms with van der Waals surface area (Å²) in [4.78, 5) is 29.5. The molecule has 164 valence electrons. The van der Waals surface area contributed by atoms with Gasteiger partial charge in [0.15, 0.2) is 0 Å². The number of hydrogen-bond acceptors (Lipinski definition) is 8. The summed E-state index contributed by atoms with van der Waals surface area (Å²) >= 11 is 0. The minimum Gasteiger partial charge on any atom is -0.382 e. The molecule has 33 heavy (non-hydrogen) atoms. The molecule has 4 aromatic rings. The molecule has 0 spiro atoms. The Morgan fingerprint density at radius 3 is 2.88 bits per heavy atom. The van der Waals surface area contributed by atoms with Gasteiger partial charge < -0.3 is 16.4 Å². The van der Waals surface area contributed by atoms with Crippen molar-refractivity contribution in [2.75, 3.05) is 17.6 Å². The van der Waals surface area contributed by atoms with Crippen LogP contribution >= 0.6 is 0 Å². The molecule has 4 rings (SSSR count). The number of rotatable bonds is 7. The fourth-order valence-corrected chi connectivity index (χ4v) is 3.30. The number of halogens is 1. The standard InChI is InChI=1S/C23H19FN8O/c24-16-3-4-19-15(8-16)9-17(23(33)29-12-14-2-1-6-27-11-14)20(32-19)5-7-28-22-18(10-25)21(26)30-13-31-22/h1-4,6,8-9,11,13H,5,7,12H2,(H,29,33)(H3,26,28,30,31). The van der Waals surface area contributed by atoms with Crippen LogP contribution in [-0.2, 0) is 13.0 Å². The number of nitrogens with zero attached hydrogens (tertiary/aromatic N) is 5. The lowest BCUT2D eigenvalue weighted by atomic mass is 10.1. The average Bonchev–Trinajstić information content (AvgIpc) is 2.83. The number of nitriles is 1. The number of nitrogen functional groups attached to an aromatic ring is 1. The number of carbonyl (C=O) groups is 1. The molecule has 0 saturated carbocycles. The van der Waals surface area contributed by atoms with Gasteiger partial charge in [-0.2, -0.15) is 5.26 Å². The third kappa shape index (κ3) is 4.99. The molecular formula is C23H19FN8O. The number of carbonyl (C=O) groups excluding carboxylic acids is 1. The van der Waals surface area contributed by atoms with Crippen LogP contribution in [0.3, 0.4) is 0 Å². The van der Waals surface area contributed by atoms with Crippen LogP contribution in [0.5, 0.6) is 0 Å². The zero-order valence-electron chi connectivity index (χ0n) is 17.4. The predicted octanol–water partition coefficient (Wildman–Crippen LogP) is 2.60. The van der Waals surface area contributed by atoms with Crippen molar-refractivity contribution in [1.29, 1.82) is 5.26 Å². The number of amides is 1. The summed E-state index contributed by atoms with van der Waals surface area (Å²) in [5, 5.41) is 15.7. The summed E-state index contributed by atoms with van der Waals surface area (Å²) in [6, 6.07) is 11.5. The van der Waals surface area contributed by atoms with Crippen molar-refractivity contribution < 1.29 is 9.18 Å². The molecule has 0 bridgehead atoms. The second-order valence-electron chi connectivity index (χ2n) is 7.13. The van der Waals surface area contributed by atoms with Crippen LogP contribution in [0, 0.1) is 17.1 Å². The molecule has 0 fully saturated rings. The van der Waals surface area contributed by atoms with Crippen LogP contribution < -0.4 is 16.4 Å². The summed E-state index contributed by atoms with van der Waals surface area (Å²) in [6.07, 6.45) is 4.93. The van der Waals surface area contributed by atoms with Gasteiger partial charge in [-0.1, -0.05) is 6.07 Å². The van der Waals surface area contributed by atoms with Gasteiger partial charge in [-0.3, -0.25) is 14.8 Å². The van der Waals surface area contributed by atoms with E-state index in [4.69, 9.17) is 5.73 Å². The highest BCUT2D eigenvalue weighted by molar-refractivity contribution is 5.98. The lowest BCUT2D eigenvalue weighted by molar-refractivity contribution is 0.0949. The molecule has 4 N–H and O–H groups in total. The maximum absolute atomic E-state index is 13.7.